The van der Waals surface area contributed by atoms with E-state index < -0.39 is 0 Å². The fourth-order valence-corrected chi connectivity index (χ4v) is 2.14. The maximum absolute atomic E-state index is 6.02. The predicted molar refractivity (Wildman–Crippen MR) is 73.8 cm³/mol. The van der Waals surface area contributed by atoms with Crippen molar-refractivity contribution in [1.29, 1.82) is 0 Å². The molecule has 0 aliphatic rings. The first kappa shape index (κ1) is 12.0. The summed E-state index contributed by atoms with van der Waals surface area (Å²) in [4.78, 5) is 0. The number of fused-ring (bicyclic) bond motifs is 3. The number of benzene rings is 1. The number of pyridine rings is 2. The van der Waals surface area contributed by atoms with E-state index in [1.54, 1.807) is 0 Å². The lowest BCUT2D eigenvalue weighted by molar-refractivity contribution is -0.481. The van der Waals surface area contributed by atoms with Crippen LogP contribution in [0.2, 0.25) is 5.02 Å². The smallest absolute Gasteiger partial charge is 0.221 e. The van der Waals surface area contributed by atoms with Gasteiger partial charge in [-0.1, -0.05) is 11.6 Å². The lowest BCUT2D eigenvalue weighted by Gasteiger charge is -2.01. The second-order valence-corrected chi connectivity index (χ2v) is 4.19. The van der Waals surface area contributed by atoms with Crippen molar-refractivity contribution in [3.63, 3.8) is 0 Å². The van der Waals surface area contributed by atoms with E-state index in [1.807, 2.05) is 48.7 Å². The molecule has 0 aliphatic heterocycles. The first-order chi connectivity index (χ1) is 7.75. The molecule has 3 rings (SSSR count). The highest BCUT2D eigenvalue weighted by Crippen LogP contribution is 2.22. The Kier molecular flexibility index (Phi) is 3.09. The van der Waals surface area contributed by atoms with E-state index in [4.69, 9.17) is 17.3 Å². The van der Waals surface area contributed by atoms with E-state index in [0.29, 0.717) is 0 Å². The molecular weight excluding hydrogens is 255 g/mol. The molecule has 0 atom stereocenters. The first-order valence-electron chi connectivity index (χ1n) is 5.04. The Balaban J connectivity index is 0.00000108. The molecule has 2 nitrogen and oxygen atoms in total. The summed E-state index contributed by atoms with van der Waals surface area (Å²) in [7, 11) is 0. The second kappa shape index (κ2) is 4.40. The highest BCUT2D eigenvalue weighted by Gasteiger charge is 2.11. The average molecular weight is 266 g/mol. The van der Waals surface area contributed by atoms with Crippen LogP contribution in [-0.4, -0.2) is 0 Å². The summed E-state index contributed by atoms with van der Waals surface area (Å²) in [5, 5.41) is 1.74. The van der Waals surface area contributed by atoms with Gasteiger partial charge in [-0.15, -0.1) is 12.4 Å². The molecular formula is C13H11Cl2N2+. The highest BCUT2D eigenvalue weighted by atomic mass is 35.5. The molecule has 1 aromatic carbocycles. The molecule has 0 unspecified atom stereocenters. The van der Waals surface area contributed by atoms with Crippen LogP contribution in [-0.2, 0) is 0 Å². The van der Waals surface area contributed by atoms with Gasteiger partial charge < -0.3 is 5.73 Å². The minimum atomic E-state index is 0. The Bertz CT molecular complexity index is 695. The fourth-order valence-electron chi connectivity index (χ4n) is 1.98. The van der Waals surface area contributed by atoms with Crippen LogP contribution in [0.4, 0.5) is 5.69 Å². The Morgan fingerprint density at radius 1 is 1.06 bits per heavy atom. The Labute approximate surface area is 110 Å². The van der Waals surface area contributed by atoms with Gasteiger partial charge in [-0.05, 0) is 18.2 Å². The van der Waals surface area contributed by atoms with E-state index in [0.717, 1.165) is 27.1 Å². The van der Waals surface area contributed by atoms with E-state index in [1.165, 1.54) is 0 Å². The van der Waals surface area contributed by atoms with Crippen LogP contribution >= 0.6 is 24.0 Å². The third-order valence-electron chi connectivity index (χ3n) is 2.73. The van der Waals surface area contributed by atoms with Crippen LogP contribution in [0.1, 0.15) is 0 Å². The van der Waals surface area contributed by atoms with Crippen LogP contribution in [0.3, 0.4) is 0 Å². The van der Waals surface area contributed by atoms with Crippen molar-refractivity contribution in [2.75, 3.05) is 5.73 Å². The number of aromatic nitrogens is 1. The zero-order valence-corrected chi connectivity index (χ0v) is 10.5. The normalized spacial score (nSPS) is 10.4. The van der Waals surface area contributed by atoms with E-state index in [2.05, 4.69) is 4.40 Å². The summed E-state index contributed by atoms with van der Waals surface area (Å²) >= 11 is 6.02. The SMILES string of the molecule is Cl.Nc1cc2cccc[n+]2c2cc(Cl)ccc12. The molecule has 0 aliphatic carbocycles. The lowest BCUT2D eigenvalue weighted by atomic mass is 10.1. The molecule has 17 heavy (non-hydrogen) atoms. The summed E-state index contributed by atoms with van der Waals surface area (Å²) in [6.07, 6.45) is 2.01. The van der Waals surface area contributed by atoms with Crippen molar-refractivity contribution in [2.45, 2.75) is 0 Å². The summed E-state index contributed by atoms with van der Waals surface area (Å²) in [6, 6.07) is 13.7. The maximum Gasteiger partial charge on any atom is 0.221 e. The molecule has 0 saturated carbocycles. The molecule has 2 heterocycles. The summed E-state index contributed by atoms with van der Waals surface area (Å²) in [5.74, 6) is 0. The largest absolute Gasteiger partial charge is 0.398 e. The summed E-state index contributed by atoms with van der Waals surface area (Å²) in [6.45, 7) is 0. The topological polar surface area (TPSA) is 30.1 Å². The number of hydrogen-bond donors (Lipinski definition) is 1. The second-order valence-electron chi connectivity index (χ2n) is 3.76. The maximum atomic E-state index is 6.02. The number of hydrogen-bond acceptors (Lipinski definition) is 1. The fraction of sp³-hybridized carbons (Fsp3) is 0. The average Bonchev–Trinajstić information content (AvgIpc) is 2.29. The number of nitrogen functional groups attached to an aromatic ring is 1. The van der Waals surface area contributed by atoms with Gasteiger partial charge in [0.2, 0.25) is 11.0 Å². The van der Waals surface area contributed by atoms with Crippen LogP contribution in [0.15, 0.2) is 48.7 Å². The van der Waals surface area contributed by atoms with Gasteiger partial charge in [-0.25, -0.2) is 0 Å². The molecule has 3 aromatic rings. The molecule has 0 spiro atoms. The van der Waals surface area contributed by atoms with Crippen molar-refractivity contribution >= 4 is 46.1 Å². The zero-order chi connectivity index (χ0) is 11.1. The van der Waals surface area contributed by atoms with Crippen molar-refractivity contribution < 1.29 is 4.40 Å². The number of halogens is 2. The molecule has 2 N–H and O–H groups in total. The van der Waals surface area contributed by atoms with E-state index in [-0.39, 0.29) is 12.4 Å². The van der Waals surface area contributed by atoms with Gasteiger partial charge in [0.05, 0.1) is 11.1 Å². The molecule has 0 amide bonds. The van der Waals surface area contributed by atoms with Crippen molar-refractivity contribution in [3.05, 3.63) is 53.7 Å². The van der Waals surface area contributed by atoms with Gasteiger partial charge in [0, 0.05) is 29.3 Å². The number of rotatable bonds is 0. The minimum absolute atomic E-state index is 0. The van der Waals surface area contributed by atoms with Gasteiger partial charge in [-0.2, -0.15) is 4.40 Å². The van der Waals surface area contributed by atoms with Crippen molar-refractivity contribution in [2.24, 2.45) is 0 Å². The Hall–Kier alpha value is -1.51. The molecule has 4 heteroatoms. The molecule has 0 bridgehead atoms. The van der Waals surface area contributed by atoms with Crippen LogP contribution in [0.25, 0.3) is 16.4 Å². The van der Waals surface area contributed by atoms with Gasteiger partial charge in [-0.3, -0.25) is 0 Å². The third kappa shape index (κ3) is 1.90. The molecule has 0 fully saturated rings. The van der Waals surface area contributed by atoms with E-state index >= 15 is 0 Å². The zero-order valence-electron chi connectivity index (χ0n) is 8.93. The predicted octanol–water partition coefficient (Wildman–Crippen LogP) is 3.24. The van der Waals surface area contributed by atoms with Crippen LogP contribution < -0.4 is 10.1 Å². The van der Waals surface area contributed by atoms with Crippen LogP contribution in [0.5, 0.6) is 0 Å². The number of nitrogens with two attached hydrogens (primary N) is 1. The number of anilines is 1. The Morgan fingerprint density at radius 2 is 1.88 bits per heavy atom. The summed E-state index contributed by atoms with van der Waals surface area (Å²) in [5.41, 5.74) is 8.89. The Morgan fingerprint density at radius 3 is 2.71 bits per heavy atom. The third-order valence-corrected chi connectivity index (χ3v) is 2.96. The van der Waals surface area contributed by atoms with Gasteiger partial charge >= 0.3 is 0 Å². The lowest BCUT2D eigenvalue weighted by Crippen LogP contribution is -2.22. The van der Waals surface area contributed by atoms with Crippen molar-refractivity contribution in [1.82, 2.24) is 0 Å². The number of nitrogens with zero attached hydrogens (tertiary/aromatic N) is 1. The standard InChI is InChI=1S/C13H9ClN2.ClH/c14-9-4-5-11-12(15)8-10-3-1-2-6-16(10)13(11)7-9;/h1-8,15H;1H/p+1. The van der Waals surface area contributed by atoms with E-state index in [9.17, 15) is 0 Å². The van der Waals surface area contributed by atoms with Crippen molar-refractivity contribution in [3.8, 4) is 0 Å². The molecule has 86 valence electrons. The monoisotopic (exact) mass is 265 g/mol. The summed E-state index contributed by atoms with van der Waals surface area (Å²) < 4.78 is 2.08. The van der Waals surface area contributed by atoms with Crippen LogP contribution in [0, 0.1) is 0 Å². The van der Waals surface area contributed by atoms with Gasteiger partial charge in [0.25, 0.3) is 0 Å². The molecule has 0 radical (unpaired) electrons. The quantitative estimate of drug-likeness (QED) is 0.491. The van der Waals surface area contributed by atoms with Gasteiger partial charge in [0.1, 0.15) is 0 Å². The first-order valence-corrected chi connectivity index (χ1v) is 5.42. The molecule has 2 aromatic heterocycles. The minimum Gasteiger partial charge on any atom is -0.398 e. The van der Waals surface area contributed by atoms with Gasteiger partial charge in [0.15, 0.2) is 6.20 Å². The highest BCUT2D eigenvalue weighted by molar-refractivity contribution is 6.31. The molecule has 0 saturated heterocycles.